The summed E-state index contributed by atoms with van der Waals surface area (Å²) in [5.74, 6) is 0.101. The van der Waals surface area contributed by atoms with Crippen LogP contribution < -0.4 is 5.32 Å². The number of hydrogen-bond donors (Lipinski definition) is 1. The van der Waals surface area contributed by atoms with Gasteiger partial charge in [-0.3, -0.25) is 14.5 Å². The number of nitrogens with zero attached hydrogens (tertiary/aromatic N) is 2. The Morgan fingerprint density at radius 3 is 2.42 bits per heavy atom. The Morgan fingerprint density at radius 1 is 1.00 bits per heavy atom. The zero-order valence-electron chi connectivity index (χ0n) is 13.5. The van der Waals surface area contributed by atoms with Crippen molar-refractivity contribution in [2.75, 3.05) is 32.7 Å². The lowest BCUT2D eigenvalue weighted by Gasteiger charge is -2.34. The highest BCUT2D eigenvalue weighted by atomic mass is 32.1. The van der Waals surface area contributed by atoms with E-state index in [1.165, 1.54) is 0 Å². The second-order valence-corrected chi connectivity index (χ2v) is 6.82. The number of nitrogens with one attached hydrogen (secondary N) is 1. The lowest BCUT2D eigenvalue weighted by Crippen LogP contribution is -2.51. The van der Waals surface area contributed by atoms with Crippen LogP contribution in [0, 0.1) is 0 Å². The Hall–Kier alpha value is -2.18. The van der Waals surface area contributed by atoms with E-state index in [0.717, 1.165) is 23.5 Å². The van der Waals surface area contributed by atoms with Gasteiger partial charge in [-0.1, -0.05) is 24.3 Å². The summed E-state index contributed by atoms with van der Waals surface area (Å²) in [5.41, 5.74) is 0.722. The van der Waals surface area contributed by atoms with Crippen LogP contribution in [-0.2, 0) is 11.3 Å². The molecule has 0 saturated carbocycles. The SMILES string of the molecule is O=C(CN1CCN(C(=O)c2ccccc2)CC1)NCc1cccs1. The van der Waals surface area contributed by atoms with E-state index in [1.807, 2.05) is 52.7 Å². The molecule has 1 N–H and O–H groups in total. The molecule has 1 saturated heterocycles. The molecule has 3 rings (SSSR count). The highest BCUT2D eigenvalue weighted by Crippen LogP contribution is 2.09. The van der Waals surface area contributed by atoms with E-state index in [4.69, 9.17) is 0 Å². The van der Waals surface area contributed by atoms with Crippen LogP contribution in [0.2, 0.25) is 0 Å². The zero-order chi connectivity index (χ0) is 16.8. The molecular weight excluding hydrogens is 322 g/mol. The van der Waals surface area contributed by atoms with Crippen molar-refractivity contribution in [3.8, 4) is 0 Å². The number of hydrogen-bond acceptors (Lipinski definition) is 4. The van der Waals surface area contributed by atoms with Crippen molar-refractivity contribution in [3.63, 3.8) is 0 Å². The van der Waals surface area contributed by atoms with Gasteiger partial charge in [0, 0.05) is 36.6 Å². The third-order valence-corrected chi connectivity index (χ3v) is 4.96. The quantitative estimate of drug-likeness (QED) is 0.901. The molecule has 1 aromatic heterocycles. The fourth-order valence-corrected chi connectivity index (χ4v) is 3.37. The van der Waals surface area contributed by atoms with Crippen molar-refractivity contribution in [2.45, 2.75) is 6.54 Å². The summed E-state index contributed by atoms with van der Waals surface area (Å²) >= 11 is 1.64. The van der Waals surface area contributed by atoms with Crippen LogP contribution in [-0.4, -0.2) is 54.3 Å². The summed E-state index contributed by atoms with van der Waals surface area (Å²) in [5, 5.41) is 4.95. The second kappa shape index (κ2) is 8.08. The molecule has 1 aromatic carbocycles. The Morgan fingerprint density at radius 2 is 1.75 bits per heavy atom. The Balaban J connectivity index is 1.42. The minimum absolute atomic E-state index is 0.0336. The van der Waals surface area contributed by atoms with E-state index in [-0.39, 0.29) is 11.8 Å². The summed E-state index contributed by atoms with van der Waals surface area (Å²) in [4.78, 5) is 29.5. The fraction of sp³-hybridized carbons (Fsp3) is 0.333. The normalized spacial score (nSPS) is 15.2. The topological polar surface area (TPSA) is 52.7 Å². The third-order valence-electron chi connectivity index (χ3n) is 4.09. The highest BCUT2D eigenvalue weighted by molar-refractivity contribution is 7.09. The highest BCUT2D eigenvalue weighted by Gasteiger charge is 2.23. The third kappa shape index (κ3) is 4.43. The lowest BCUT2D eigenvalue weighted by atomic mass is 10.2. The number of amides is 2. The maximum Gasteiger partial charge on any atom is 0.253 e. The van der Waals surface area contributed by atoms with Crippen LogP contribution in [0.3, 0.4) is 0 Å². The van der Waals surface area contributed by atoms with Gasteiger partial charge in [-0.15, -0.1) is 11.3 Å². The van der Waals surface area contributed by atoms with Gasteiger partial charge in [-0.05, 0) is 23.6 Å². The van der Waals surface area contributed by atoms with Gasteiger partial charge >= 0.3 is 0 Å². The van der Waals surface area contributed by atoms with E-state index in [2.05, 4.69) is 10.2 Å². The largest absolute Gasteiger partial charge is 0.350 e. The molecule has 2 amide bonds. The molecule has 2 aromatic rings. The van der Waals surface area contributed by atoms with Gasteiger partial charge in [0.1, 0.15) is 0 Å². The van der Waals surface area contributed by atoms with E-state index >= 15 is 0 Å². The lowest BCUT2D eigenvalue weighted by molar-refractivity contribution is -0.122. The number of piperazine rings is 1. The maximum absolute atomic E-state index is 12.4. The van der Waals surface area contributed by atoms with Gasteiger partial charge in [-0.25, -0.2) is 0 Å². The summed E-state index contributed by atoms with van der Waals surface area (Å²) in [6, 6.07) is 13.3. The van der Waals surface area contributed by atoms with Gasteiger partial charge in [0.15, 0.2) is 0 Å². The van der Waals surface area contributed by atoms with Crippen LogP contribution in [0.5, 0.6) is 0 Å². The molecule has 0 bridgehead atoms. The van der Waals surface area contributed by atoms with Crippen LogP contribution in [0.25, 0.3) is 0 Å². The van der Waals surface area contributed by atoms with Gasteiger partial charge in [-0.2, -0.15) is 0 Å². The van der Waals surface area contributed by atoms with Crippen molar-refractivity contribution in [1.29, 1.82) is 0 Å². The van der Waals surface area contributed by atoms with Crippen molar-refractivity contribution in [3.05, 3.63) is 58.3 Å². The van der Waals surface area contributed by atoms with Crippen LogP contribution in [0.4, 0.5) is 0 Å². The molecule has 0 radical (unpaired) electrons. The molecule has 126 valence electrons. The molecule has 24 heavy (non-hydrogen) atoms. The summed E-state index contributed by atoms with van der Waals surface area (Å²) in [6.07, 6.45) is 0. The monoisotopic (exact) mass is 343 g/mol. The van der Waals surface area contributed by atoms with E-state index in [9.17, 15) is 9.59 Å². The number of rotatable bonds is 5. The number of carbonyl (C=O) groups is 2. The minimum atomic E-state index is 0.0336. The predicted molar refractivity (Wildman–Crippen MR) is 95.0 cm³/mol. The molecule has 2 heterocycles. The molecule has 1 fully saturated rings. The summed E-state index contributed by atoms with van der Waals surface area (Å²) in [6.45, 7) is 3.75. The van der Waals surface area contributed by atoms with E-state index < -0.39 is 0 Å². The van der Waals surface area contributed by atoms with Crippen molar-refractivity contribution < 1.29 is 9.59 Å². The summed E-state index contributed by atoms with van der Waals surface area (Å²) < 4.78 is 0. The molecule has 0 spiro atoms. The standard InChI is InChI=1S/C18H21N3O2S/c22-17(19-13-16-7-4-12-24-16)14-20-8-10-21(11-9-20)18(23)15-5-2-1-3-6-15/h1-7,12H,8-11,13-14H2,(H,19,22). The fourth-order valence-electron chi connectivity index (χ4n) is 2.73. The Labute approximate surface area is 145 Å². The van der Waals surface area contributed by atoms with Gasteiger partial charge in [0.05, 0.1) is 13.1 Å². The molecule has 5 nitrogen and oxygen atoms in total. The van der Waals surface area contributed by atoms with Crippen LogP contribution >= 0.6 is 11.3 Å². The first-order chi connectivity index (χ1) is 11.7. The second-order valence-electron chi connectivity index (χ2n) is 5.79. The predicted octanol–water partition coefficient (Wildman–Crippen LogP) is 1.82. The average Bonchev–Trinajstić information content (AvgIpc) is 3.14. The number of carbonyl (C=O) groups excluding carboxylic acids is 2. The maximum atomic E-state index is 12.4. The minimum Gasteiger partial charge on any atom is -0.350 e. The number of benzene rings is 1. The Kier molecular flexibility index (Phi) is 5.61. The molecule has 0 aliphatic carbocycles. The first-order valence-corrected chi connectivity index (χ1v) is 8.96. The molecule has 1 aliphatic rings. The van der Waals surface area contributed by atoms with Gasteiger partial charge < -0.3 is 10.2 Å². The van der Waals surface area contributed by atoms with Gasteiger partial charge in [0.25, 0.3) is 5.91 Å². The molecular formula is C18H21N3O2S. The van der Waals surface area contributed by atoms with Crippen LogP contribution in [0.15, 0.2) is 47.8 Å². The average molecular weight is 343 g/mol. The summed E-state index contributed by atoms with van der Waals surface area (Å²) in [7, 11) is 0. The molecule has 1 aliphatic heterocycles. The smallest absolute Gasteiger partial charge is 0.253 e. The molecule has 6 heteroatoms. The van der Waals surface area contributed by atoms with Crippen molar-refractivity contribution in [2.24, 2.45) is 0 Å². The van der Waals surface area contributed by atoms with Crippen molar-refractivity contribution >= 4 is 23.2 Å². The zero-order valence-corrected chi connectivity index (χ0v) is 14.3. The van der Waals surface area contributed by atoms with E-state index in [0.29, 0.717) is 26.2 Å². The van der Waals surface area contributed by atoms with Crippen LogP contribution in [0.1, 0.15) is 15.2 Å². The van der Waals surface area contributed by atoms with Gasteiger partial charge in [0.2, 0.25) is 5.91 Å². The number of thiophene rings is 1. The van der Waals surface area contributed by atoms with E-state index in [1.54, 1.807) is 11.3 Å². The molecule has 0 atom stereocenters. The molecule has 0 unspecified atom stereocenters. The first-order valence-electron chi connectivity index (χ1n) is 8.08. The first kappa shape index (κ1) is 16.7. The Bertz CT molecular complexity index is 665. The van der Waals surface area contributed by atoms with Crippen molar-refractivity contribution in [1.82, 2.24) is 15.1 Å².